The molecule has 190 valence electrons. The monoisotopic (exact) mass is 509 g/mol. The molecule has 0 saturated carbocycles. The van der Waals surface area contributed by atoms with E-state index < -0.39 is 21.4 Å². The van der Waals surface area contributed by atoms with E-state index in [0.29, 0.717) is 30.9 Å². The molecule has 0 spiro atoms. The van der Waals surface area contributed by atoms with Crippen LogP contribution in [0.5, 0.6) is 5.75 Å². The predicted molar refractivity (Wildman–Crippen MR) is 140 cm³/mol. The maximum Gasteiger partial charge on any atom is 0.257 e. The number of ether oxygens (including phenoxy) is 1. The van der Waals surface area contributed by atoms with E-state index in [1.165, 1.54) is 22.6 Å². The molecule has 1 fully saturated rings. The summed E-state index contributed by atoms with van der Waals surface area (Å²) in [5, 5.41) is 2.96. The van der Waals surface area contributed by atoms with Gasteiger partial charge in [-0.3, -0.25) is 9.59 Å². The number of hydrogen-bond acceptors (Lipinski definition) is 5. The smallest absolute Gasteiger partial charge is 0.257 e. The van der Waals surface area contributed by atoms with E-state index in [4.69, 9.17) is 4.74 Å². The lowest BCUT2D eigenvalue weighted by Gasteiger charge is -2.20. The van der Waals surface area contributed by atoms with Crippen molar-refractivity contribution in [3.8, 4) is 5.75 Å². The normalized spacial score (nSPS) is 14.8. The lowest BCUT2D eigenvalue weighted by molar-refractivity contribution is 0.0949. The van der Waals surface area contributed by atoms with E-state index >= 15 is 0 Å². The first-order chi connectivity index (χ1) is 17.4. The number of allylic oxidation sites excluding steroid dienone is 1. The molecule has 1 aliphatic rings. The summed E-state index contributed by atoms with van der Waals surface area (Å²) in [7, 11) is -2.20. The van der Waals surface area contributed by atoms with Gasteiger partial charge in [-0.25, -0.2) is 8.42 Å². The fourth-order valence-corrected chi connectivity index (χ4v) is 6.08. The molecule has 0 atom stereocenters. The quantitative estimate of drug-likeness (QED) is 0.467. The first kappa shape index (κ1) is 25.7. The van der Waals surface area contributed by atoms with E-state index in [0.717, 1.165) is 31.2 Å². The Morgan fingerprint density at radius 1 is 1.11 bits per heavy atom. The lowest BCUT2D eigenvalue weighted by atomic mass is 10.1. The van der Waals surface area contributed by atoms with Gasteiger partial charge in [0.25, 0.3) is 5.91 Å². The SMILES string of the molecule is C=CCn1cc(C(=O)NCc2ccccc2OC)c(=O)c2cc(S(=O)(=O)N3CCCCCC3)ccc21. The Morgan fingerprint density at radius 3 is 2.53 bits per heavy atom. The van der Waals surface area contributed by atoms with Gasteiger partial charge in [0.1, 0.15) is 11.3 Å². The molecule has 3 aromatic rings. The number of sulfonamides is 1. The van der Waals surface area contributed by atoms with E-state index in [1.54, 1.807) is 29.9 Å². The second-order valence-corrected chi connectivity index (χ2v) is 10.7. The zero-order valence-corrected chi connectivity index (χ0v) is 21.2. The van der Waals surface area contributed by atoms with Crippen molar-refractivity contribution >= 4 is 26.8 Å². The molecule has 2 aromatic carbocycles. The molecule has 8 nitrogen and oxygen atoms in total. The third-order valence-electron chi connectivity index (χ3n) is 6.46. The van der Waals surface area contributed by atoms with Gasteiger partial charge >= 0.3 is 0 Å². The maximum atomic E-state index is 13.4. The Kier molecular flexibility index (Phi) is 7.91. The number of pyridine rings is 1. The Hall–Kier alpha value is -3.43. The zero-order valence-electron chi connectivity index (χ0n) is 20.4. The van der Waals surface area contributed by atoms with Crippen LogP contribution in [0.4, 0.5) is 0 Å². The van der Waals surface area contributed by atoms with E-state index in [1.807, 2.05) is 18.2 Å². The average molecular weight is 510 g/mol. The van der Waals surface area contributed by atoms with Gasteiger partial charge in [0.2, 0.25) is 15.5 Å². The van der Waals surface area contributed by atoms with E-state index in [-0.39, 0.29) is 22.4 Å². The van der Waals surface area contributed by atoms with Crippen LogP contribution in [0.2, 0.25) is 0 Å². The van der Waals surface area contributed by atoms with Crippen molar-refractivity contribution in [2.75, 3.05) is 20.2 Å². The molecule has 1 amide bonds. The fraction of sp³-hybridized carbons (Fsp3) is 0.333. The number of rotatable bonds is 8. The van der Waals surface area contributed by atoms with Crippen molar-refractivity contribution in [1.82, 2.24) is 14.2 Å². The van der Waals surface area contributed by atoms with Gasteiger partial charge in [0.05, 0.1) is 17.5 Å². The van der Waals surface area contributed by atoms with Crippen LogP contribution in [-0.2, 0) is 23.1 Å². The molecule has 1 N–H and O–H groups in total. The number of methoxy groups -OCH3 is 1. The second kappa shape index (κ2) is 11.1. The number of nitrogens with one attached hydrogen (secondary N) is 1. The van der Waals surface area contributed by atoms with Gasteiger partial charge in [-0.15, -0.1) is 6.58 Å². The van der Waals surface area contributed by atoms with Crippen LogP contribution in [0, 0.1) is 0 Å². The third kappa shape index (κ3) is 5.22. The summed E-state index contributed by atoms with van der Waals surface area (Å²) in [5.41, 5.74) is 0.724. The van der Waals surface area contributed by atoms with Crippen molar-refractivity contribution < 1.29 is 17.9 Å². The highest BCUT2D eigenvalue weighted by atomic mass is 32.2. The molecule has 4 rings (SSSR count). The summed E-state index contributed by atoms with van der Waals surface area (Å²) in [4.78, 5) is 26.6. The molecule has 0 bridgehead atoms. The van der Waals surface area contributed by atoms with Crippen molar-refractivity contribution in [2.24, 2.45) is 0 Å². The third-order valence-corrected chi connectivity index (χ3v) is 8.35. The Labute approximate surface area is 211 Å². The molecule has 0 aliphatic carbocycles. The van der Waals surface area contributed by atoms with Crippen LogP contribution in [0.25, 0.3) is 10.9 Å². The van der Waals surface area contributed by atoms with Crippen molar-refractivity contribution in [2.45, 2.75) is 43.7 Å². The minimum absolute atomic E-state index is 0.0609. The average Bonchev–Trinajstić information content (AvgIpc) is 3.19. The van der Waals surface area contributed by atoms with Crippen LogP contribution < -0.4 is 15.5 Å². The Morgan fingerprint density at radius 2 is 1.83 bits per heavy atom. The number of hydrogen-bond donors (Lipinski definition) is 1. The van der Waals surface area contributed by atoms with Crippen molar-refractivity contribution in [1.29, 1.82) is 0 Å². The number of aromatic nitrogens is 1. The first-order valence-corrected chi connectivity index (χ1v) is 13.5. The van der Waals surface area contributed by atoms with Crippen LogP contribution in [0.1, 0.15) is 41.6 Å². The van der Waals surface area contributed by atoms with Gasteiger partial charge in [0, 0.05) is 43.3 Å². The Balaban J connectivity index is 1.73. The van der Waals surface area contributed by atoms with Gasteiger partial charge in [-0.1, -0.05) is 37.1 Å². The summed E-state index contributed by atoms with van der Waals surface area (Å²) >= 11 is 0. The number of fused-ring (bicyclic) bond motifs is 1. The fourth-order valence-electron chi connectivity index (χ4n) is 4.54. The summed E-state index contributed by atoms with van der Waals surface area (Å²) < 4.78 is 35.3. The van der Waals surface area contributed by atoms with Crippen LogP contribution in [0.3, 0.4) is 0 Å². The van der Waals surface area contributed by atoms with Crippen LogP contribution in [0.15, 0.2) is 71.0 Å². The zero-order chi connectivity index (χ0) is 25.7. The Bertz CT molecular complexity index is 1440. The molecule has 9 heteroatoms. The molecule has 2 heterocycles. The summed E-state index contributed by atoms with van der Waals surface area (Å²) in [5.74, 6) is 0.0788. The topological polar surface area (TPSA) is 97.7 Å². The van der Waals surface area contributed by atoms with Crippen LogP contribution in [-0.4, -0.2) is 43.4 Å². The second-order valence-electron chi connectivity index (χ2n) is 8.80. The number of nitrogens with zero attached hydrogens (tertiary/aromatic N) is 2. The molecular weight excluding hydrogens is 478 g/mol. The number of carbonyl (C=O) groups is 1. The lowest BCUT2D eigenvalue weighted by Crippen LogP contribution is -2.32. The molecule has 0 radical (unpaired) electrons. The van der Waals surface area contributed by atoms with Gasteiger partial charge in [0.15, 0.2) is 0 Å². The molecule has 1 saturated heterocycles. The van der Waals surface area contributed by atoms with Gasteiger partial charge < -0.3 is 14.6 Å². The largest absolute Gasteiger partial charge is 0.496 e. The highest BCUT2D eigenvalue weighted by Gasteiger charge is 2.26. The van der Waals surface area contributed by atoms with Gasteiger partial charge in [-0.2, -0.15) is 4.31 Å². The number of benzene rings is 2. The number of para-hydroxylation sites is 1. The maximum absolute atomic E-state index is 13.4. The molecule has 0 unspecified atom stereocenters. The van der Waals surface area contributed by atoms with Crippen molar-refractivity contribution in [3.05, 3.63) is 82.7 Å². The minimum Gasteiger partial charge on any atom is -0.496 e. The summed E-state index contributed by atoms with van der Waals surface area (Å²) in [6.07, 6.45) is 6.78. The molecule has 1 aliphatic heterocycles. The number of carbonyl (C=O) groups excluding carboxylic acids is 1. The van der Waals surface area contributed by atoms with Gasteiger partial charge in [-0.05, 0) is 37.1 Å². The highest BCUT2D eigenvalue weighted by Crippen LogP contribution is 2.24. The van der Waals surface area contributed by atoms with Crippen LogP contribution >= 0.6 is 0 Å². The summed E-state index contributed by atoms with van der Waals surface area (Å²) in [6, 6.07) is 11.8. The van der Waals surface area contributed by atoms with E-state index in [9.17, 15) is 18.0 Å². The molecule has 1 aromatic heterocycles. The standard InChI is InChI=1S/C27H31N3O5S/c1-3-14-29-19-23(27(32)28-18-20-10-6-7-11-25(20)35-2)26(31)22-17-21(12-13-24(22)29)36(33,34)30-15-8-4-5-9-16-30/h3,6-7,10-13,17,19H,1,4-5,8-9,14-16,18H2,2H3,(H,28,32). The minimum atomic E-state index is -3.76. The van der Waals surface area contributed by atoms with E-state index in [2.05, 4.69) is 11.9 Å². The molecular formula is C27H31N3O5S. The van der Waals surface area contributed by atoms with Crippen molar-refractivity contribution in [3.63, 3.8) is 0 Å². The number of amides is 1. The molecule has 36 heavy (non-hydrogen) atoms. The first-order valence-electron chi connectivity index (χ1n) is 12.0. The summed E-state index contributed by atoms with van der Waals surface area (Å²) in [6.45, 7) is 5.22. The predicted octanol–water partition coefficient (Wildman–Crippen LogP) is 3.69. The highest BCUT2D eigenvalue weighted by molar-refractivity contribution is 7.89.